The molecule has 0 aliphatic rings. The molecule has 0 fully saturated rings. The van der Waals surface area contributed by atoms with Crippen molar-refractivity contribution < 1.29 is 4.42 Å². The first kappa shape index (κ1) is 13.8. The quantitative estimate of drug-likeness (QED) is 0.862. The van der Waals surface area contributed by atoms with Gasteiger partial charge in [-0.2, -0.15) is 0 Å². The van der Waals surface area contributed by atoms with Gasteiger partial charge in [-0.25, -0.2) is 4.98 Å². The highest BCUT2D eigenvalue weighted by Gasteiger charge is 2.10. The standard InChI is InChI=1S/C16H22N2O/c1-3-4-5-13-6-8-14(9-7-13)16-12(2)19-15(18-16)10-11-17/h6-9H,3-5,10-11,17H2,1-2H3. The molecule has 0 aliphatic heterocycles. The monoisotopic (exact) mass is 258 g/mol. The first-order valence-electron chi connectivity index (χ1n) is 7.00. The van der Waals surface area contributed by atoms with E-state index in [4.69, 9.17) is 10.2 Å². The molecular weight excluding hydrogens is 236 g/mol. The van der Waals surface area contributed by atoms with E-state index >= 15 is 0 Å². The van der Waals surface area contributed by atoms with Gasteiger partial charge in [-0.3, -0.25) is 0 Å². The third-order valence-corrected chi connectivity index (χ3v) is 3.25. The Bertz CT molecular complexity index is 514. The van der Waals surface area contributed by atoms with Crippen molar-refractivity contribution in [3.63, 3.8) is 0 Å². The van der Waals surface area contributed by atoms with Crippen LogP contribution in [-0.2, 0) is 12.8 Å². The van der Waals surface area contributed by atoms with Gasteiger partial charge in [-0.15, -0.1) is 0 Å². The zero-order valence-electron chi connectivity index (χ0n) is 11.8. The fourth-order valence-corrected chi connectivity index (χ4v) is 2.16. The Labute approximate surface area is 114 Å². The SMILES string of the molecule is CCCCc1ccc(-c2nc(CCN)oc2C)cc1. The smallest absolute Gasteiger partial charge is 0.196 e. The van der Waals surface area contributed by atoms with Crippen LogP contribution in [0.15, 0.2) is 28.7 Å². The van der Waals surface area contributed by atoms with Crippen molar-refractivity contribution in [1.82, 2.24) is 4.98 Å². The molecule has 19 heavy (non-hydrogen) atoms. The van der Waals surface area contributed by atoms with E-state index in [1.165, 1.54) is 18.4 Å². The van der Waals surface area contributed by atoms with Crippen molar-refractivity contribution >= 4 is 0 Å². The van der Waals surface area contributed by atoms with Crippen LogP contribution >= 0.6 is 0 Å². The van der Waals surface area contributed by atoms with Crippen molar-refractivity contribution in [2.45, 2.75) is 39.5 Å². The predicted octanol–water partition coefficient (Wildman–Crippen LogP) is 3.49. The van der Waals surface area contributed by atoms with Crippen LogP contribution in [0.5, 0.6) is 0 Å². The van der Waals surface area contributed by atoms with Crippen molar-refractivity contribution in [2.75, 3.05) is 6.54 Å². The molecule has 2 aromatic rings. The maximum atomic E-state index is 5.61. The zero-order chi connectivity index (χ0) is 13.7. The summed E-state index contributed by atoms with van der Waals surface area (Å²) in [4.78, 5) is 4.51. The van der Waals surface area contributed by atoms with Gasteiger partial charge in [0.25, 0.3) is 0 Å². The van der Waals surface area contributed by atoms with Crippen molar-refractivity contribution in [2.24, 2.45) is 5.73 Å². The molecule has 1 aromatic carbocycles. The molecule has 3 nitrogen and oxygen atoms in total. The Morgan fingerprint density at radius 3 is 2.53 bits per heavy atom. The summed E-state index contributed by atoms with van der Waals surface area (Å²) in [5.74, 6) is 1.59. The lowest BCUT2D eigenvalue weighted by Crippen LogP contribution is -2.02. The van der Waals surface area contributed by atoms with Gasteiger partial charge in [0.05, 0.1) is 0 Å². The summed E-state index contributed by atoms with van der Waals surface area (Å²) in [5, 5.41) is 0. The van der Waals surface area contributed by atoms with Gasteiger partial charge in [-0.1, -0.05) is 37.6 Å². The molecule has 0 atom stereocenters. The Morgan fingerprint density at radius 2 is 1.89 bits per heavy atom. The third-order valence-electron chi connectivity index (χ3n) is 3.25. The van der Waals surface area contributed by atoms with Crippen LogP contribution in [0, 0.1) is 6.92 Å². The van der Waals surface area contributed by atoms with Crippen LogP contribution in [0.4, 0.5) is 0 Å². The van der Waals surface area contributed by atoms with E-state index in [0.29, 0.717) is 13.0 Å². The largest absolute Gasteiger partial charge is 0.445 e. The van der Waals surface area contributed by atoms with Crippen molar-refractivity contribution in [3.05, 3.63) is 41.5 Å². The van der Waals surface area contributed by atoms with E-state index in [-0.39, 0.29) is 0 Å². The van der Waals surface area contributed by atoms with Gasteiger partial charge < -0.3 is 10.2 Å². The number of hydrogen-bond acceptors (Lipinski definition) is 3. The number of nitrogens with two attached hydrogens (primary N) is 1. The minimum atomic E-state index is 0.565. The summed E-state index contributed by atoms with van der Waals surface area (Å²) < 4.78 is 5.61. The lowest BCUT2D eigenvalue weighted by atomic mass is 10.0. The summed E-state index contributed by atoms with van der Waals surface area (Å²) in [6, 6.07) is 8.62. The fraction of sp³-hybridized carbons (Fsp3) is 0.438. The van der Waals surface area contributed by atoms with Gasteiger partial charge in [0, 0.05) is 18.5 Å². The van der Waals surface area contributed by atoms with Gasteiger partial charge >= 0.3 is 0 Å². The summed E-state index contributed by atoms with van der Waals surface area (Å²) >= 11 is 0. The normalized spacial score (nSPS) is 10.9. The number of benzene rings is 1. The lowest BCUT2D eigenvalue weighted by Gasteiger charge is -2.02. The van der Waals surface area contributed by atoms with Gasteiger partial charge in [-0.05, 0) is 25.3 Å². The van der Waals surface area contributed by atoms with E-state index in [1.54, 1.807) is 0 Å². The van der Waals surface area contributed by atoms with Gasteiger partial charge in [0.15, 0.2) is 5.89 Å². The van der Waals surface area contributed by atoms with Crippen LogP contribution in [0.25, 0.3) is 11.3 Å². The average Bonchev–Trinajstić information content (AvgIpc) is 2.78. The molecule has 0 bridgehead atoms. The molecule has 0 saturated carbocycles. The molecule has 2 N–H and O–H groups in total. The van der Waals surface area contributed by atoms with Crippen LogP contribution in [0.2, 0.25) is 0 Å². The van der Waals surface area contributed by atoms with Gasteiger partial charge in [0.2, 0.25) is 0 Å². The minimum Gasteiger partial charge on any atom is -0.445 e. The summed E-state index contributed by atoms with van der Waals surface area (Å²) in [7, 11) is 0. The second-order valence-corrected chi connectivity index (χ2v) is 4.85. The number of nitrogens with zero attached hydrogens (tertiary/aromatic N) is 1. The fourth-order valence-electron chi connectivity index (χ4n) is 2.16. The highest BCUT2D eigenvalue weighted by atomic mass is 16.4. The van der Waals surface area contributed by atoms with E-state index in [2.05, 4.69) is 36.2 Å². The van der Waals surface area contributed by atoms with Crippen molar-refractivity contribution in [1.29, 1.82) is 0 Å². The second kappa shape index (κ2) is 6.53. The van der Waals surface area contributed by atoms with E-state index in [9.17, 15) is 0 Å². The zero-order valence-corrected chi connectivity index (χ0v) is 11.8. The molecule has 0 amide bonds. The number of aromatic nitrogens is 1. The molecule has 2 rings (SSSR count). The molecule has 0 radical (unpaired) electrons. The van der Waals surface area contributed by atoms with Crippen molar-refractivity contribution in [3.8, 4) is 11.3 Å². The Morgan fingerprint density at radius 1 is 1.16 bits per heavy atom. The molecule has 102 valence electrons. The van der Waals surface area contributed by atoms with Gasteiger partial charge in [0.1, 0.15) is 11.5 Å². The molecule has 1 heterocycles. The Hall–Kier alpha value is -1.61. The number of hydrogen-bond donors (Lipinski definition) is 1. The summed E-state index contributed by atoms with van der Waals surface area (Å²) in [6.07, 6.45) is 4.30. The minimum absolute atomic E-state index is 0.565. The van der Waals surface area contributed by atoms with Crippen LogP contribution in [0.1, 0.15) is 37.0 Å². The highest BCUT2D eigenvalue weighted by molar-refractivity contribution is 5.61. The maximum Gasteiger partial charge on any atom is 0.196 e. The molecule has 3 heteroatoms. The molecule has 0 saturated heterocycles. The molecule has 1 aromatic heterocycles. The lowest BCUT2D eigenvalue weighted by molar-refractivity contribution is 0.473. The van der Waals surface area contributed by atoms with Crippen LogP contribution in [0.3, 0.4) is 0 Å². The Kier molecular flexibility index (Phi) is 4.74. The molecule has 0 aliphatic carbocycles. The summed E-state index contributed by atoms with van der Waals surface area (Å²) in [6.45, 7) is 4.73. The third kappa shape index (κ3) is 3.44. The van der Waals surface area contributed by atoms with E-state index < -0.39 is 0 Å². The van der Waals surface area contributed by atoms with E-state index in [1.807, 2.05) is 6.92 Å². The predicted molar refractivity (Wildman–Crippen MR) is 78.0 cm³/mol. The van der Waals surface area contributed by atoms with Crippen LogP contribution in [-0.4, -0.2) is 11.5 Å². The van der Waals surface area contributed by atoms with Crippen LogP contribution < -0.4 is 5.73 Å². The maximum absolute atomic E-state index is 5.61. The molecule has 0 unspecified atom stereocenters. The number of rotatable bonds is 6. The first-order valence-corrected chi connectivity index (χ1v) is 7.00. The highest BCUT2D eigenvalue weighted by Crippen LogP contribution is 2.24. The number of unbranched alkanes of at least 4 members (excludes halogenated alkanes) is 1. The molecule has 0 spiro atoms. The Balaban J connectivity index is 2.17. The van der Waals surface area contributed by atoms with E-state index in [0.717, 1.165) is 29.3 Å². The first-order chi connectivity index (χ1) is 9.24. The second-order valence-electron chi connectivity index (χ2n) is 4.85. The molecular formula is C16H22N2O. The number of oxazole rings is 1. The topological polar surface area (TPSA) is 52.0 Å². The summed E-state index contributed by atoms with van der Waals surface area (Å²) in [5.41, 5.74) is 8.96. The number of aryl methyl sites for hydroxylation is 2. The average molecular weight is 258 g/mol.